The average Bonchev–Trinajstić information content (AvgIpc) is 2.70. The summed E-state index contributed by atoms with van der Waals surface area (Å²) in [6.45, 7) is 11.6. The van der Waals surface area contributed by atoms with Crippen LogP contribution in [-0.2, 0) is 6.54 Å². The fraction of sp³-hybridized carbons (Fsp3) is 0.750. The van der Waals surface area contributed by atoms with Crippen molar-refractivity contribution in [2.24, 2.45) is 0 Å². The van der Waals surface area contributed by atoms with Crippen molar-refractivity contribution < 1.29 is 9.47 Å². The van der Waals surface area contributed by atoms with Crippen molar-refractivity contribution >= 4 is 0 Å². The van der Waals surface area contributed by atoms with E-state index < -0.39 is 0 Å². The fourth-order valence-electron chi connectivity index (χ4n) is 3.57. The molecule has 1 aliphatic heterocycles. The third-order valence-corrected chi connectivity index (χ3v) is 5.52. The third-order valence-electron chi connectivity index (χ3n) is 5.52. The molecule has 0 bridgehead atoms. The topological polar surface area (TPSA) is 24.9 Å². The first-order chi connectivity index (χ1) is 13.7. The number of ether oxygens (including phenoxy) is 2. The lowest BCUT2D eigenvalue weighted by molar-refractivity contribution is 0.148. The van der Waals surface area contributed by atoms with E-state index in [2.05, 4.69) is 48.9 Å². The summed E-state index contributed by atoms with van der Waals surface area (Å²) in [4.78, 5) is 4.93. The van der Waals surface area contributed by atoms with E-state index in [1.165, 1.54) is 44.1 Å². The molecule has 1 saturated heterocycles. The first-order valence-electron chi connectivity index (χ1n) is 11.5. The van der Waals surface area contributed by atoms with Gasteiger partial charge in [-0.05, 0) is 37.6 Å². The maximum atomic E-state index is 6.16. The average molecular weight is 391 g/mol. The van der Waals surface area contributed by atoms with Gasteiger partial charge in [-0.25, -0.2) is 0 Å². The molecule has 1 aromatic carbocycles. The molecule has 1 aliphatic rings. The Labute approximate surface area is 173 Å². The molecule has 0 aromatic heterocycles. The highest BCUT2D eigenvalue weighted by Gasteiger charge is 2.15. The number of hydrogen-bond donors (Lipinski definition) is 0. The van der Waals surface area contributed by atoms with Gasteiger partial charge in [0.1, 0.15) is 0 Å². The van der Waals surface area contributed by atoms with Crippen LogP contribution >= 0.6 is 0 Å². The van der Waals surface area contributed by atoms with Crippen LogP contribution in [0.5, 0.6) is 11.5 Å². The van der Waals surface area contributed by atoms with Crippen LogP contribution in [0.15, 0.2) is 18.2 Å². The normalized spacial score (nSPS) is 15.7. The van der Waals surface area contributed by atoms with Crippen LogP contribution < -0.4 is 9.47 Å². The predicted octanol–water partition coefficient (Wildman–Crippen LogP) is 5.35. The smallest absolute Gasteiger partial charge is 0.161 e. The van der Waals surface area contributed by atoms with E-state index in [0.29, 0.717) is 0 Å². The molecule has 0 unspecified atom stereocenters. The molecule has 0 amide bonds. The maximum Gasteiger partial charge on any atom is 0.161 e. The van der Waals surface area contributed by atoms with Gasteiger partial charge < -0.3 is 14.4 Å². The second-order valence-electron chi connectivity index (χ2n) is 8.18. The van der Waals surface area contributed by atoms with Gasteiger partial charge in [-0.3, -0.25) is 4.90 Å². The standard InChI is InChI=1S/C24H42N2O2/c1-4-6-8-10-18-27-23-13-12-22(21-26-16-14-25(3)15-17-26)20-24(23)28-19-11-9-7-5-2/h12-13,20H,4-11,14-19,21H2,1-3H3. The summed E-state index contributed by atoms with van der Waals surface area (Å²) >= 11 is 0. The summed E-state index contributed by atoms with van der Waals surface area (Å²) in [5.41, 5.74) is 1.33. The van der Waals surface area contributed by atoms with Gasteiger partial charge in [0, 0.05) is 32.7 Å². The SMILES string of the molecule is CCCCCCOc1ccc(CN2CCN(C)CC2)cc1OCCCCCC. The molecule has 0 N–H and O–H groups in total. The van der Waals surface area contributed by atoms with Crippen LogP contribution in [0.4, 0.5) is 0 Å². The van der Waals surface area contributed by atoms with Crippen LogP contribution in [0.1, 0.15) is 70.8 Å². The molecule has 0 spiro atoms. The molecule has 4 heteroatoms. The van der Waals surface area contributed by atoms with Crippen LogP contribution in [-0.4, -0.2) is 56.2 Å². The van der Waals surface area contributed by atoms with E-state index >= 15 is 0 Å². The van der Waals surface area contributed by atoms with Crippen molar-refractivity contribution in [3.05, 3.63) is 23.8 Å². The molecule has 0 radical (unpaired) electrons. The van der Waals surface area contributed by atoms with Gasteiger partial charge >= 0.3 is 0 Å². The molecule has 0 aliphatic carbocycles. The van der Waals surface area contributed by atoms with Crippen molar-refractivity contribution in [1.29, 1.82) is 0 Å². The van der Waals surface area contributed by atoms with Gasteiger partial charge in [0.05, 0.1) is 13.2 Å². The summed E-state index contributed by atoms with van der Waals surface area (Å²) in [6, 6.07) is 6.54. The predicted molar refractivity (Wildman–Crippen MR) is 118 cm³/mol. The number of piperazine rings is 1. The molecule has 0 saturated carbocycles. The molecule has 28 heavy (non-hydrogen) atoms. The highest BCUT2D eigenvalue weighted by Crippen LogP contribution is 2.30. The summed E-state index contributed by atoms with van der Waals surface area (Å²) in [5, 5.41) is 0. The molecule has 160 valence electrons. The van der Waals surface area contributed by atoms with Gasteiger partial charge in [0.2, 0.25) is 0 Å². The zero-order chi connectivity index (χ0) is 20.0. The zero-order valence-electron chi connectivity index (χ0n) is 18.5. The van der Waals surface area contributed by atoms with Gasteiger partial charge in [0.25, 0.3) is 0 Å². The van der Waals surface area contributed by atoms with Crippen LogP contribution in [0, 0.1) is 0 Å². The Bertz CT molecular complexity index is 527. The van der Waals surface area contributed by atoms with Crippen LogP contribution in [0.25, 0.3) is 0 Å². The lowest BCUT2D eigenvalue weighted by Gasteiger charge is -2.32. The summed E-state index contributed by atoms with van der Waals surface area (Å²) in [5.74, 6) is 1.84. The number of hydrogen-bond acceptors (Lipinski definition) is 4. The molecular formula is C24H42N2O2. The monoisotopic (exact) mass is 390 g/mol. The Hall–Kier alpha value is -1.26. The van der Waals surface area contributed by atoms with Crippen molar-refractivity contribution in [3.8, 4) is 11.5 Å². The minimum atomic E-state index is 0.782. The largest absolute Gasteiger partial charge is 0.490 e. The highest BCUT2D eigenvalue weighted by molar-refractivity contribution is 5.43. The highest BCUT2D eigenvalue weighted by atomic mass is 16.5. The Morgan fingerprint density at radius 3 is 1.96 bits per heavy atom. The number of nitrogens with zero attached hydrogens (tertiary/aromatic N) is 2. The van der Waals surface area contributed by atoms with Crippen molar-refractivity contribution in [3.63, 3.8) is 0 Å². The van der Waals surface area contributed by atoms with E-state index in [0.717, 1.165) is 70.3 Å². The molecule has 2 rings (SSSR count). The number of unbranched alkanes of at least 4 members (excludes halogenated alkanes) is 6. The van der Waals surface area contributed by atoms with E-state index in [1.807, 2.05) is 0 Å². The summed E-state index contributed by atoms with van der Waals surface area (Å²) in [7, 11) is 2.20. The summed E-state index contributed by atoms with van der Waals surface area (Å²) in [6.07, 6.45) is 9.80. The van der Waals surface area contributed by atoms with Gasteiger partial charge in [0.15, 0.2) is 11.5 Å². The summed E-state index contributed by atoms with van der Waals surface area (Å²) < 4.78 is 12.2. The van der Waals surface area contributed by atoms with Gasteiger partial charge in [-0.1, -0.05) is 58.4 Å². The third kappa shape index (κ3) is 8.83. The second-order valence-corrected chi connectivity index (χ2v) is 8.18. The quantitative estimate of drug-likeness (QED) is 0.400. The molecular weight excluding hydrogens is 348 g/mol. The Kier molecular flexibility index (Phi) is 11.4. The van der Waals surface area contributed by atoms with Crippen molar-refractivity contribution in [2.45, 2.75) is 71.8 Å². The Morgan fingerprint density at radius 1 is 0.750 bits per heavy atom. The Morgan fingerprint density at radius 2 is 1.36 bits per heavy atom. The maximum absolute atomic E-state index is 6.16. The lowest BCUT2D eigenvalue weighted by Crippen LogP contribution is -2.43. The molecule has 4 nitrogen and oxygen atoms in total. The van der Waals surface area contributed by atoms with E-state index in [-0.39, 0.29) is 0 Å². The number of rotatable bonds is 14. The van der Waals surface area contributed by atoms with Crippen LogP contribution in [0.3, 0.4) is 0 Å². The molecule has 1 heterocycles. The number of likely N-dealkylation sites (N-methyl/N-ethyl adjacent to an activating group) is 1. The second kappa shape index (κ2) is 13.8. The first-order valence-corrected chi connectivity index (χ1v) is 11.5. The Balaban J connectivity index is 1.91. The molecule has 1 fully saturated rings. The minimum Gasteiger partial charge on any atom is -0.490 e. The molecule has 1 aromatic rings. The lowest BCUT2D eigenvalue weighted by atomic mass is 10.1. The van der Waals surface area contributed by atoms with Crippen molar-refractivity contribution in [2.75, 3.05) is 46.4 Å². The van der Waals surface area contributed by atoms with E-state index in [1.54, 1.807) is 0 Å². The first kappa shape index (κ1) is 23.0. The molecule has 0 atom stereocenters. The zero-order valence-corrected chi connectivity index (χ0v) is 18.5. The van der Waals surface area contributed by atoms with E-state index in [4.69, 9.17) is 9.47 Å². The number of benzene rings is 1. The van der Waals surface area contributed by atoms with Gasteiger partial charge in [-0.2, -0.15) is 0 Å². The van der Waals surface area contributed by atoms with Crippen LogP contribution in [0.2, 0.25) is 0 Å². The van der Waals surface area contributed by atoms with E-state index in [9.17, 15) is 0 Å². The fourth-order valence-corrected chi connectivity index (χ4v) is 3.57. The van der Waals surface area contributed by atoms with Crippen molar-refractivity contribution in [1.82, 2.24) is 9.80 Å². The van der Waals surface area contributed by atoms with Gasteiger partial charge in [-0.15, -0.1) is 0 Å². The minimum absolute atomic E-state index is 0.782.